The third-order valence-corrected chi connectivity index (χ3v) is 15.4. The Balaban J connectivity index is 2.15. The van der Waals surface area contributed by atoms with Gasteiger partial charge in [-0.05, 0) is 86.5 Å². The average Bonchev–Trinajstić information content (AvgIpc) is 2.96. The molecular formula is C34H56N2O3Si2. The van der Waals surface area contributed by atoms with Crippen LogP contribution in [0.1, 0.15) is 99.8 Å². The van der Waals surface area contributed by atoms with Crippen LogP contribution in [0.4, 0.5) is 0 Å². The number of nitrogens with zero attached hydrogens (tertiary/aromatic N) is 2. The van der Waals surface area contributed by atoms with Crippen molar-refractivity contribution in [2.24, 2.45) is 0 Å². The Labute approximate surface area is 252 Å². The van der Waals surface area contributed by atoms with Gasteiger partial charge in [-0.2, -0.15) is 0 Å². The number of rotatable bonds is 18. The molecule has 0 aliphatic carbocycles. The lowest BCUT2D eigenvalue weighted by Crippen LogP contribution is -2.57. The maximum absolute atomic E-state index is 13.2. The Bertz CT molecular complexity index is 967. The Kier molecular flexibility index (Phi) is 14.5. The third-order valence-electron chi connectivity index (χ3n) is 7.87. The summed E-state index contributed by atoms with van der Waals surface area (Å²) in [5.74, 6) is 0.261. The van der Waals surface area contributed by atoms with Crippen LogP contribution in [0.2, 0.25) is 26.2 Å². The molecule has 0 aliphatic heterocycles. The van der Waals surface area contributed by atoms with Crippen LogP contribution in [0.3, 0.4) is 0 Å². The predicted molar refractivity (Wildman–Crippen MR) is 180 cm³/mol. The fourth-order valence-electron chi connectivity index (χ4n) is 5.17. The first-order chi connectivity index (χ1) is 19.5. The van der Waals surface area contributed by atoms with E-state index in [0.29, 0.717) is 0 Å². The van der Waals surface area contributed by atoms with Crippen molar-refractivity contribution in [2.45, 2.75) is 105 Å². The van der Waals surface area contributed by atoms with Crippen molar-refractivity contribution in [3.05, 3.63) is 59.7 Å². The molecule has 41 heavy (non-hydrogen) atoms. The van der Waals surface area contributed by atoms with E-state index >= 15 is 0 Å². The number of hydrogen-bond acceptors (Lipinski definition) is 3. The summed E-state index contributed by atoms with van der Waals surface area (Å²) in [6, 6.07) is 16.3. The molecule has 0 aliphatic rings. The summed E-state index contributed by atoms with van der Waals surface area (Å²) in [6.45, 7) is 20.9. The average molecular weight is 597 g/mol. The molecule has 0 bridgehead atoms. The van der Waals surface area contributed by atoms with Gasteiger partial charge in [-0.25, -0.2) is 0 Å². The first kappa shape index (κ1) is 35.0. The highest BCUT2D eigenvalue weighted by Gasteiger charge is 2.36. The fourth-order valence-corrected chi connectivity index (χ4v) is 13.2. The summed E-state index contributed by atoms with van der Waals surface area (Å²) in [7, 11) is -4.49. The second-order valence-corrected chi connectivity index (χ2v) is 20.3. The number of hydrogen-bond donors (Lipinski definition) is 0. The van der Waals surface area contributed by atoms with Crippen molar-refractivity contribution < 1.29 is 13.7 Å². The zero-order chi connectivity index (χ0) is 30.5. The van der Waals surface area contributed by atoms with E-state index in [1.54, 1.807) is 0 Å². The van der Waals surface area contributed by atoms with Gasteiger partial charge in [0, 0.05) is 37.3 Å². The van der Waals surface area contributed by atoms with Crippen LogP contribution < -0.4 is 10.4 Å². The summed E-state index contributed by atoms with van der Waals surface area (Å²) < 4.78 is 6.99. The van der Waals surface area contributed by atoms with Crippen molar-refractivity contribution in [3.63, 3.8) is 0 Å². The van der Waals surface area contributed by atoms with Gasteiger partial charge in [-0.15, -0.1) is 0 Å². The number of carbonyl (C=O) groups is 2. The first-order valence-electron chi connectivity index (χ1n) is 16.0. The molecule has 0 N–H and O–H groups in total. The van der Waals surface area contributed by atoms with Crippen LogP contribution in [0.25, 0.3) is 0 Å². The highest BCUT2D eigenvalue weighted by atomic mass is 28.4. The smallest absolute Gasteiger partial charge is 0.253 e. The van der Waals surface area contributed by atoms with Gasteiger partial charge >= 0.3 is 0 Å². The van der Waals surface area contributed by atoms with Crippen molar-refractivity contribution >= 4 is 38.8 Å². The van der Waals surface area contributed by atoms with Crippen LogP contribution in [-0.4, -0.2) is 64.4 Å². The Morgan fingerprint density at radius 2 is 0.805 bits per heavy atom. The van der Waals surface area contributed by atoms with Gasteiger partial charge in [-0.3, -0.25) is 9.59 Å². The quantitative estimate of drug-likeness (QED) is 0.170. The predicted octanol–water partition coefficient (Wildman–Crippen LogP) is 7.31. The number of carbonyl (C=O) groups excluding carboxylic acids is 2. The molecule has 0 aromatic heterocycles. The van der Waals surface area contributed by atoms with Crippen molar-refractivity contribution in [1.82, 2.24) is 9.80 Å². The maximum Gasteiger partial charge on any atom is 0.253 e. The number of amides is 2. The summed E-state index contributed by atoms with van der Waals surface area (Å²) in [5, 5.41) is 2.38. The molecule has 2 aromatic carbocycles. The van der Waals surface area contributed by atoms with Gasteiger partial charge in [0.25, 0.3) is 11.8 Å². The van der Waals surface area contributed by atoms with E-state index in [4.69, 9.17) is 4.12 Å². The minimum Gasteiger partial charge on any atom is -0.449 e. The molecule has 2 aromatic rings. The molecule has 2 amide bonds. The van der Waals surface area contributed by atoms with E-state index < -0.39 is 16.6 Å². The van der Waals surface area contributed by atoms with E-state index in [1.807, 2.05) is 34.1 Å². The number of benzene rings is 2. The van der Waals surface area contributed by atoms with Crippen LogP contribution in [0.5, 0.6) is 0 Å². The minimum atomic E-state index is -2.25. The van der Waals surface area contributed by atoms with Crippen LogP contribution >= 0.6 is 0 Å². The molecule has 0 saturated heterocycles. The molecule has 0 saturated carbocycles. The van der Waals surface area contributed by atoms with Crippen molar-refractivity contribution in [1.29, 1.82) is 0 Å². The zero-order valence-electron chi connectivity index (χ0n) is 27.2. The van der Waals surface area contributed by atoms with Crippen molar-refractivity contribution in [3.8, 4) is 0 Å². The Hall–Kier alpha value is -2.23. The zero-order valence-corrected chi connectivity index (χ0v) is 29.2. The molecule has 0 atom stereocenters. The Morgan fingerprint density at radius 3 is 1.05 bits per heavy atom. The van der Waals surface area contributed by atoms with E-state index in [1.165, 1.54) is 10.4 Å². The second-order valence-electron chi connectivity index (χ2n) is 12.3. The third kappa shape index (κ3) is 10.5. The second kappa shape index (κ2) is 17.0. The highest BCUT2D eigenvalue weighted by Crippen LogP contribution is 2.18. The normalized spacial score (nSPS) is 11.9. The highest BCUT2D eigenvalue weighted by molar-refractivity contribution is 6.96. The topological polar surface area (TPSA) is 49.9 Å². The lowest BCUT2D eigenvalue weighted by Gasteiger charge is -2.35. The van der Waals surface area contributed by atoms with Gasteiger partial charge in [0.1, 0.15) is 0 Å². The maximum atomic E-state index is 13.2. The van der Waals surface area contributed by atoms with Gasteiger partial charge in [-0.1, -0.05) is 77.6 Å². The van der Waals surface area contributed by atoms with Gasteiger partial charge in [0.2, 0.25) is 16.6 Å². The summed E-state index contributed by atoms with van der Waals surface area (Å²) in [4.78, 5) is 30.5. The molecule has 0 radical (unpaired) electrons. The number of unbranched alkanes of at least 4 members (excludes halogenated alkanes) is 4. The molecule has 0 unspecified atom stereocenters. The largest absolute Gasteiger partial charge is 0.449 e. The first-order valence-corrected chi connectivity index (χ1v) is 21.8. The summed E-state index contributed by atoms with van der Waals surface area (Å²) in [6.07, 6.45) is 8.47. The fraction of sp³-hybridized carbons (Fsp3) is 0.588. The minimum absolute atomic E-state index is 0.131. The van der Waals surface area contributed by atoms with E-state index in [-0.39, 0.29) is 11.8 Å². The van der Waals surface area contributed by atoms with Crippen LogP contribution in [0, 0.1) is 0 Å². The van der Waals surface area contributed by atoms with Gasteiger partial charge in [0.05, 0.1) is 0 Å². The van der Waals surface area contributed by atoms with Gasteiger partial charge in [0.15, 0.2) is 0 Å². The molecule has 228 valence electrons. The SMILES string of the molecule is CCCCN(CCCC)C(=O)c1ccc([Si](C)(C)O[Si](C)(C)c2ccc(C(=O)N(CCCC)CCCC)cc2)cc1. The molecule has 0 heterocycles. The lowest BCUT2D eigenvalue weighted by molar-refractivity contribution is 0.0743. The summed E-state index contributed by atoms with van der Waals surface area (Å²) in [5.41, 5.74) is 1.52. The molecule has 0 fully saturated rings. The monoisotopic (exact) mass is 596 g/mol. The summed E-state index contributed by atoms with van der Waals surface area (Å²) >= 11 is 0. The molecule has 7 heteroatoms. The van der Waals surface area contributed by atoms with E-state index in [0.717, 1.165) is 88.7 Å². The van der Waals surface area contributed by atoms with Crippen LogP contribution in [-0.2, 0) is 4.12 Å². The van der Waals surface area contributed by atoms with Gasteiger partial charge < -0.3 is 13.9 Å². The Morgan fingerprint density at radius 1 is 0.537 bits per heavy atom. The molecule has 0 spiro atoms. The standard InChI is InChI=1S/C34H56N2O3Si2/c1-9-13-25-35(26-14-10-2)33(37)29-17-21-31(22-18-29)40(5,6)39-41(7,8)32-23-19-30(20-24-32)34(38)36(27-15-11-3)28-16-12-4/h17-24H,9-16,25-28H2,1-8H3. The van der Waals surface area contributed by atoms with Crippen molar-refractivity contribution in [2.75, 3.05) is 26.2 Å². The van der Waals surface area contributed by atoms with E-state index in [2.05, 4.69) is 78.1 Å². The van der Waals surface area contributed by atoms with E-state index in [9.17, 15) is 9.59 Å². The molecule has 5 nitrogen and oxygen atoms in total. The lowest BCUT2D eigenvalue weighted by atomic mass is 10.1. The molecule has 2 rings (SSSR count). The molecular weight excluding hydrogens is 541 g/mol. The van der Waals surface area contributed by atoms with Crippen LogP contribution in [0.15, 0.2) is 48.5 Å².